The van der Waals surface area contributed by atoms with E-state index in [9.17, 15) is 4.79 Å². The van der Waals surface area contributed by atoms with Crippen molar-refractivity contribution in [1.29, 1.82) is 0 Å². The summed E-state index contributed by atoms with van der Waals surface area (Å²) < 4.78 is 0. The summed E-state index contributed by atoms with van der Waals surface area (Å²) in [5, 5.41) is 0. The normalized spacial score (nSPS) is 10.3. The van der Waals surface area contributed by atoms with Gasteiger partial charge in [0.1, 0.15) is 0 Å². The van der Waals surface area contributed by atoms with Crippen LogP contribution < -0.4 is 5.73 Å². The van der Waals surface area contributed by atoms with Gasteiger partial charge in [0.05, 0.1) is 0 Å². The summed E-state index contributed by atoms with van der Waals surface area (Å²) in [5.41, 5.74) is 5.46. The lowest BCUT2D eigenvalue weighted by Crippen LogP contribution is -2.33. The van der Waals surface area contributed by atoms with Gasteiger partial charge in [-0.3, -0.25) is 4.79 Å². The Morgan fingerprint density at radius 1 is 1.07 bits per heavy atom. The van der Waals surface area contributed by atoms with Crippen molar-refractivity contribution in [2.75, 3.05) is 19.6 Å². The molecule has 0 radical (unpaired) electrons. The van der Waals surface area contributed by atoms with Crippen LogP contribution in [0.1, 0.15) is 52.4 Å². The number of amides is 1. The molecule has 0 aromatic rings. The molecule has 1 amide bonds. The second-order valence-corrected chi connectivity index (χ2v) is 3.98. The summed E-state index contributed by atoms with van der Waals surface area (Å²) in [6, 6.07) is 0. The second kappa shape index (κ2) is 9.97. The lowest BCUT2D eigenvalue weighted by Gasteiger charge is -2.21. The first kappa shape index (κ1) is 14.4. The molecule has 0 aromatic carbocycles. The lowest BCUT2D eigenvalue weighted by atomic mass is 10.2. The highest BCUT2D eigenvalue weighted by atomic mass is 16.2. The highest BCUT2D eigenvalue weighted by molar-refractivity contribution is 5.76. The second-order valence-electron chi connectivity index (χ2n) is 3.98. The van der Waals surface area contributed by atoms with Crippen LogP contribution in [0.15, 0.2) is 0 Å². The number of unbranched alkanes of at least 4 members (excludes halogenated alkanes) is 2. The van der Waals surface area contributed by atoms with Crippen LogP contribution in [0.2, 0.25) is 0 Å². The Bertz CT molecular complexity index is 160. The van der Waals surface area contributed by atoms with Crippen LogP contribution in [0, 0.1) is 0 Å². The zero-order valence-corrected chi connectivity index (χ0v) is 10.3. The summed E-state index contributed by atoms with van der Waals surface area (Å²) in [6.07, 6.45) is 6.01. The van der Waals surface area contributed by atoms with Crippen LogP contribution in [-0.2, 0) is 4.79 Å². The quantitative estimate of drug-likeness (QED) is 0.598. The Hall–Kier alpha value is -0.570. The van der Waals surface area contributed by atoms with Gasteiger partial charge in [-0.05, 0) is 25.8 Å². The van der Waals surface area contributed by atoms with Crippen LogP contribution in [-0.4, -0.2) is 30.4 Å². The zero-order chi connectivity index (χ0) is 11.5. The minimum absolute atomic E-state index is 0.304. The Labute approximate surface area is 94.0 Å². The average Bonchev–Trinajstić information content (AvgIpc) is 2.24. The maximum absolute atomic E-state index is 11.8. The third-order valence-electron chi connectivity index (χ3n) is 2.47. The predicted octanol–water partition coefficient (Wildman–Crippen LogP) is 2.15. The molecule has 2 N–H and O–H groups in total. The molecule has 0 unspecified atom stereocenters. The van der Waals surface area contributed by atoms with Gasteiger partial charge in [0.15, 0.2) is 0 Å². The standard InChI is InChI=1S/C12H26N2O/c1-3-5-6-8-12(15)14(10-4-2)11-7-9-13/h3-11,13H2,1-2H3. The molecule has 0 bridgehead atoms. The van der Waals surface area contributed by atoms with E-state index >= 15 is 0 Å². The van der Waals surface area contributed by atoms with Crippen molar-refractivity contribution >= 4 is 5.91 Å². The molecular formula is C12H26N2O. The molecule has 0 atom stereocenters. The van der Waals surface area contributed by atoms with Gasteiger partial charge in [-0.1, -0.05) is 26.7 Å². The fraction of sp³-hybridized carbons (Fsp3) is 0.917. The zero-order valence-electron chi connectivity index (χ0n) is 10.3. The number of nitrogens with two attached hydrogens (primary N) is 1. The molecule has 0 aromatic heterocycles. The first-order valence-corrected chi connectivity index (χ1v) is 6.24. The van der Waals surface area contributed by atoms with E-state index in [0.717, 1.165) is 38.8 Å². The monoisotopic (exact) mass is 214 g/mol. The molecule has 3 nitrogen and oxygen atoms in total. The minimum atomic E-state index is 0.304. The highest BCUT2D eigenvalue weighted by Gasteiger charge is 2.10. The Morgan fingerprint density at radius 3 is 2.33 bits per heavy atom. The van der Waals surface area contributed by atoms with E-state index in [0.29, 0.717) is 18.9 Å². The van der Waals surface area contributed by atoms with Gasteiger partial charge in [-0.25, -0.2) is 0 Å². The molecule has 0 saturated heterocycles. The maximum Gasteiger partial charge on any atom is 0.222 e. The van der Waals surface area contributed by atoms with E-state index in [1.165, 1.54) is 6.42 Å². The molecule has 15 heavy (non-hydrogen) atoms. The van der Waals surface area contributed by atoms with Gasteiger partial charge in [0.2, 0.25) is 5.91 Å². The SMILES string of the molecule is CCCCCC(=O)N(CCC)CCCN. The number of carbonyl (C=O) groups excluding carboxylic acids is 1. The van der Waals surface area contributed by atoms with E-state index in [2.05, 4.69) is 13.8 Å². The van der Waals surface area contributed by atoms with Gasteiger partial charge < -0.3 is 10.6 Å². The van der Waals surface area contributed by atoms with Crippen LogP contribution >= 0.6 is 0 Å². The largest absolute Gasteiger partial charge is 0.343 e. The molecular weight excluding hydrogens is 188 g/mol. The van der Waals surface area contributed by atoms with Crippen LogP contribution in [0.3, 0.4) is 0 Å². The first-order chi connectivity index (χ1) is 7.26. The van der Waals surface area contributed by atoms with Crippen LogP contribution in [0.4, 0.5) is 0 Å². The number of nitrogens with zero attached hydrogens (tertiary/aromatic N) is 1. The molecule has 0 heterocycles. The summed E-state index contributed by atoms with van der Waals surface area (Å²) in [5.74, 6) is 0.304. The van der Waals surface area contributed by atoms with Crippen molar-refractivity contribution in [2.45, 2.75) is 52.4 Å². The van der Waals surface area contributed by atoms with Crippen molar-refractivity contribution in [3.05, 3.63) is 0 Å². The third-order valence-corrected chi connectivity index (χ3v) is 2.47. The van der Waals surface area contributed by atoms with E-state index in [1.807, 2.05) is 4.90 Å². The fourth-order valence-electron chi connectivity index (χ4n) is 1.60. The summed E-state index contributed by atoms with van der Waals surface area (Å²) in [4.78, 5) is 13.8. The van der Waals surface area contributed by atoms with Gasteiger partial charge in [0.25, 0.3) is 0 Å². The van der Waals surface area contributed by atoms with E-state index < -0.39 is 0 Å². The summed E-state index contributed by atoms with van der Waals surface area (Å²) in [7, 11) is 0. The van der Waals surface area contributed by atoms with Gasteiger partial charge in [-0.15, -0.1) is 0 Å². The Balaban J connectivity index is 3.81. The number of carbonyl (C=O) groups is 1. The predicted molar refractivity (Wildman–Crippen MR) is 64.7 cm³/mol. The van der Waals surface area contributed by atoms with Gasteiger partial charge in [-0.2, -0.15) is 0 Å². The highest BCUT2D eigenvalue weighted by Crippen LogP contribution is 2.04. The molecule has 0 aliphatic heterocycles. The molecule has 0 rings (SSSR count). The summed E-state index contributed by atoms with van der Waals surface area (Å²) in [6.45, 7) is 6.64. The van der Waals surface area contributed by atoms with Crippen molar-refractivity contribution in [2.24, 2.45) is 5.73 Å². The minimum Gasteiger partial charge on any atom is -0.343 e. The smallest absolute Gasteiger partial charge is 0.222 e. The van der Waals surface area contributed by atoms with Crippen molar-refractivity contribution in [3.8, 4) is 0 Å². The maximum atomic E-state index is 11.8. The molecule has 90 valence electrons. The molecule has 0 aliphatic rings. The van der Waals surface area contributed by atoms with Gasteiger partial charge >= 0.3 is 0 Å². The molecule has 3 heteroatoms. The molecule has 0 aliphatic carbocycles. The van der Waals surface area contributed by atoms with Crippen LogP contribution in [0.25, 0.3) is 0 Å². The molecule has 0 spiro atoms. The molecule has 0 fully saturated rings. The topological polar surface area (TPSA) is 46.3 Å². The van der Waals surface area contributed by atoms with E-state index in [1.54, 1.807) is 0 Å². The fourth-order valence-corrected chi connectivity index (χ4v) is 1.60. The lowest BCUT2D eigenvalue weighted by molar-refractivity contribution is -0.131. The van der Waals surface area contributed by atoms with Crippen molar-refractivity contribution in [1.82, 2.24) is 4.90 Å². The number of hydrogen-bond acceptors (Lipinski definition) is 2. The number of rotatable bonds is 9. The van der Waals surface area contributed by atoms with Gasteiger partial charge in [0, 0.05) is 19.5 Å². The third kappa shape index (κ3) is 7.37. The van der Waals surface area contributed by atoms with Crippen molar-refractivity contribution in [3.63, 3.8) is 0 Å². The Kier molecular flexibility index (Phi) is 9.59. The number of hydrogen-bond donors (Lipinski definition) is 1. The summed E-state index contributed by atoms with van der Waals surface area (Å²) >= 11 is 0. The van der Waals surface area contributed by atoms with E-state index in [4.69, 9.17) is 5.73 Å². The Morgan fingerprint density at radius 2 is 1.80 bits per heavy atom. The van der Waals surface area contributed by atoms with E-state index in [-0.39, 0.29) is 0 Å². The average molecular weight is 214 g/mol. The molecule has 0 saturated carbocycles. The van der Waals surface area contributed by atoms with Crippen LogP contribution in [0.5, 0.6) is 0 Å². The van der Waals surface area contributed by atoms with Crippen molar-refractivity contribution < 1.29 is 4.79 Å². The first-order valence-electron chi connectivity index (χ1n) is 6.24.